The van der Waals surface area contributed by atoms with Crippen LogP contribution in [0, 0.1) is 0 Å². The van der Waals surface area contributed by atoms with E-state index in [0.29, 0.717) is 26.2 Å². The number of amides is 1. The van der Waals surface area contributed by atoms with Gasteiger partial charge in [0.05, 0.1) is 19.8 Å². The summed E-state index contributed by atoms with van der Waals surface area (Å²) in [4.78, 5) is 24.6. The minimum absolute atomic E-state index is 0.224. The first kappa shape index (κ1) is 12.3. The smallest absolute Gasteiger partial charge is 0.326 e. The molecule has 0 aromatic rings. The highest BCUT2D eigenvalue weighted by Gasteiger charge is 2.36. The molecular formula is C11H17NO5. The lowest BCUT2D eigenvalue weighted by Gasteiger charge is -2.36. The molecule has 2 rings (SSSR count). The monoisotopic (exact) mass is 243 g/mol. The summed E-state index contributed by atoms with van der Waals surface area (Å²) in [5.74, 6) is -1.19. The van der Waals surface area contributed by atoms with Gasteiger partial charge in [0.1, 0.15) is 6.04 Å². The van der Waals surface area contributed by atoms with Crippen molar-refractivity contribution in [2.75, 3.05) is 26.4 Å². The minimum atomic E-state index is -0.935. The molecule has 0 spiro atoms. The highest BCUT2D eigenvalue weighted by molar-refractivity contribution is 5.86. The second-order valence-corrected chi connectivity index (χ2v) is 4.32. The van der Waals surface area contributed by atoms with E-state index in [4.69, 9.17) is 14.6 Å². The molecule has 2 aliphatic heterocycles. The third-order valence-corrected chi connectivity index (χ3v) is 3.16. The highest BCUT2D eigenvalue weighted by Crippen LogP contribution is 2.19. The van der Waals surface area contributed by atoms with Crippen LogP contribution in [0.25, 0.3) is 0 Å². The van der Waals surface area contributed by atoms with Crippen LogP contribution in [0.3, 0.4) is 0 Å². The van der Waals surface area contributed by atoms with Crippen LogP contribution in [0.2, 0.25) is 0 Å². The zero-order chi connectivity index (χ0) is 12.3. The third kappa shape index (κ3) is 2.76. The second-order valence-electron chi connectivity index (χ2n) is 4.32. The number of rotatable bonds is 2. The Hall–Kier alpha value is -1.14. The lowest BCUT2D eigenvalue weighted by Crippen LogP contribution is -2.53. The number of aliphatic carboxylic acids is 1. The Kier molecular flexibility index (Phi) is 3.96. The second kappa shape index (κ2) is 5.46. The summed E-state index contributed by atoms with van der Waals surface area (Å²) in [5.41, 5.74) is 0. The summed E-state index contributed by atoms with van der Waals surface area (Å²) < 4.78 is 10.5. The van der Waals surface area contributed by atoms with E-state index in [1.54, 1.807) is 0 Å². The Morgan fingerprint density at radius 1 is 1.24 bits per heavy atom. The lowest BCUT2D eigenvalue weighted by molar-refractivity contribution is -0.167. The molecule has 2 heterocycles. The van der Waals surface area contributed by atoms with Crippen molar-refractivity contribution in [3.63, 3.8) is 0 Å². The molecule has 0 bridgehead atoms. The zero-order valence-electron chi connectivity index (χ0n) is 9.63. The van der Waals surface area contributed by atoms with Crippen LogP contribution in [-0.4, -0.2) is 60.4 Å². The molecule has 2 saturated heterocycles. The largest absolute Gasteiger partial charge is 0.480 e. The fraction of sp³-hybridized carbons (Fsp3) is 0.818. The maximum atomic E-state index is 12.1. The van der Waals surface area contributed by atoms with Crippen LogP contribution in [-0.2, 0) is 19.1 Å². The zero-order valence-corrected chi connectivity index (χ0v) is 9.63. The first-order valence-electron chi connectivity index (χ1n) is 5.93. The Balaban J connectivity index is 2.02. The number of piperidine rings is 1. The van der Waals surface area contributed by atoms with Crippen LogP contribution < -0.4 is 0 Å². The molecule has 0 radical (unpaired) electrons. The summed E-state index contributed by atoms with van der Waals surface area (Å²) >= 11 is 0. The van der Waals surface area contributed by atoms with E-state index in [-0.39, 0.29) is 12.5 Å². The topological polar surface area (TPSA) is 76.1 Å². The number of hydrogen-bond donors (Lipinski definition) is 1. The van der Waals surface area contributed by atoms with E-state index in [0.717, 1.165) is 12.8 Å². The van der Waals surface area contributed by atoms with Crippen molar-refractivity contribution < 1.29 is 24.2 Å². The Labute approximate surface area is 99.5 Å². The van der Waals surface area contributed by atoms with Crippen molar-refractivity contribution in [2.24, 2.45) is 0 Å². The number of carbonyl (C=O) groups excluding carboxylic acids is 1. The van der Waals surface area contributed by atoms with Crippen molar-refractivity contribution in [1.29, 1.82) is 0 Å². The van der Waals surface area contributed by atoms with Crippen molar-refractivity contribution in [3.05, 3.63) is 0 Å². The number of carbonyl (C=O) groups is 2. The van der Waals surface area contributed by atoms with Gasteiger partial charge in [-0.1, -0.05) is 0 Å². The molecular weight excluding hydrogens is 226 g/mol. The maximum absolute atomic E-state index is 12.1. The van der Waals surface area contributed by atoms with Gasteiger partial charge in [-0.15, -0.1) is 0 Å². The van der Waals surface area contributed by atoms with E-state index in [1.807, 2.05) is 0 Å². The first-order valence-corrected chi connectivity index (χ1v) is 5.93. The van der Waals surface area contributed by atoms with Crippen LogP contribution >= 0.6 is 0 Å². The summed E-state index contributed by atoms with van der Waals surface area (Å²) in [6.45, 7) is 1.60. The number of likely N-dealkylation sites (tertiary alicyclic amines) is 1. The van der Waals surface area contributed by atoms with Gasteiger partial charge in [0.25, 0.3) is 5.91 Å². The van der Waals surface area contributed by atoms with E-state index in [1.165, 1.54) is 4.90 Å². The van der Waals surface area contributed by atoms with Gasteiger partial charge >= 0.3 is 5.97 Å². The summed E-state index contributed by atoms with van der Waals surface area (Å²) in [5, 5.41) is 9.09. The number of ether oxygens (including phenoxy) is 2. The van der Waals surface area contributed by atoms with Gasteiger partial charge < -0.3 is 19.5 Å². The number of nitrogens with zero attached hydrogens (tertiary/aromatic N) is 1. The van der Waals surface area contributed by atoms with E-state index in [2.05, 4.69) is 0 Å². The van der Waals surface area contributed by atoms with Crippen LogP contribution in [0.1, 0.15) is 19.3 Å². The van der Waals surface area contributed by atoms with Gasteiger partial charge in [-0.3, -0.25) is 4.79 Å². The molecule has 17 heavy (non-hydrogen) atoms. The predicted molar refractivity (Wildman–Crippen MR) is 57.5 cm³/mol. The molecule has 0 aliphatic carbocycles. The Bertz CT molecular complexity index is 300. The molecule has 1 amide bonds. The van der Waals surface area contributed by atoms with Crippen molar-refractivity contribution in [3.8, 4) is 0 Å². The molecule has 0 aromatic heterocycles. The summed E-state index contributed by atoms with van der Waals surface area (Å²) in [6.07, 6.45) is 1.59. The molecule has 1 N–H and O–H groups in total. The van der Waals surface area contributed by atoms with Gasteiger partial charge in [0, 0.05) is 6.54 Å². The number of hydrogen-bond acceptors (Lipinski definition) is 4. The molecule has 6 nitrogen and oxygen atoms in total. The molecule has 96 valence electrons. The average molecular weight is 243 g/mol. The Morgan fingerprint density at radius 3 is 2.71 bits per heavy atom. The molecule has 1 unspecified atom stereocenters. The highest BCUT2D eigenvalue weighted by atomic mass is 16.6. The van der Waals surface area contributed by atoms with Gasteiger partial charge in [-0.05, 0) is 19.3 Å². The molecule has 2 fully saturated rings. The van der Waals surface area contributed by atoms with Gasteiger partial charge in [0.15, 0.2) is 6.10 Å². The average Bonchev–Trinajstić information content (AvgIpc) is 2.39. The normalized spacial score (nSPS) is 30.0. The third-order valence-electron chi connectivity index (χ3n) is 3.16. The van der Waals surface area contributed by atoms with E-state index in [9.17, 15) is 9.59 Å². The van der Waals surface area contributed by atoms with Crippen LogP contribution in [0.15, 0.2) is 0 Å². The quantitative estimate of drug-likeness (QED) is 0.731. The standard InChI is InChI=1S/C11H17NO5/c13-10(9-7-16-5-6-17-9)12-4-2-1-3-8(12)11(14)15/h8-9H,1-7H2,(H,14,15)/t8-,9?/m0/s1. The Morgan fingerprint density at radius 2 is 2.06 bits per heavy atom. The predicted octanol–water partition coefficient (Wildman–Crippen LogP) is -0.133. The van der Waals surface area contributed by atoms with Crippen LogP contribution in [0.4, 0.5) is 0 Å². The molecule has 2 atom stereocenters. The first-order chi connectivity index (χ1) is 8.20. The van der Waals surface area contributed by atoms with Gasteiger partial charge in [-0.25, -0.2) is 4.79 Å². The minimum Gasteiger partial charge on any atom is -0.480 e. The van der Waals surface area contributed by atoms with Crippen molar-refractivity contribution in [2.45, 2.75) is 31.4 Å². The van der Waals surface area contributed by atoms with E-state index >= 15 is 0 Å². The molecule has 2 aliphatic rings. The number of carboxylic acids is 1. The lowest BCUT2D eigenvalue weighted by atomic mass is 10.0. The van der Waals surface area contributed by atoms with Gasteiger partial charge in [-0.2, -0.15) is 0 Å². The van der Waals surface area contributed by atoms with Crippen molar-refractivity contribution >= 4 is 11.9 Å². The summed E-state index contributed by atoms with van der Waals surface area (Å²) in [7, 11) is 0. The molecule has 0 saturated carbocycles. The molecule has 6 heteroatoms. The van der Waals surface area contributed by atoms with Gasteiger partial charge in [0.2, 0.25) is 0 Å². The molecule has 0 aromatic carbocycles. The number of carboxylic acid groups (broad SMARTS) is 1. The SMILES string of the molecule is O=C(O)[C@@H]1CCCCN1C(=O)C1COCCO1. The van der Waals surface area contributed by atoms with Crippen LogP contribution in [0.5, 0.6) is 0 Å². The van der Waals surface area contributed by atoms with Crippen molar-refractivity contribution in [1.82, 2.24) is 4.90 Å². The fourth-order valence-corrected chi connectivity index (χ4v) is 2.27. The fourth-order valence-electron chi connectivity index (χ4n) is 2.27. The maximum Gasteiger partial charge on any atom is 0.326 e. The summed E-state index contributed by atoms with van der Waals surface area (Å²) in [6, 6.07) is -0.707. The van der Waals surface area contributed by atoms with E-state index < -0.39 is 18.1 Å².